The Balaban J connectivity index is 1.37. The van der Waals surface area contributed by atoms with Crippen molar-refractivity contribution in [2.75, 3.05) is 39.3 Å². The molecule has 0 bridgehead atoms. The summed E-state index contributed by atoms with van der Waals surface area (Å²) in [5.74, 6) is 0.868. The van der Waals surface area contributed by atoms with Crippen molar-refractivity contribution >= 4 is 11.8 Å². The first kappa shape index (κ1) is 21.3. The molecule has 3 fully saturated rings. The van der Waals surface area contributed by atoms with Gasteiger partial charge in [-0.2, -0.15) is 0 Å². The standard InChI is InChI=1S/C24H35N3O3/c1-18(16-19-9-11-25-12-10-19)23(28)27-13-5-8-21(27)24(29)26-14-15-30-22(17-26)20-6-3-2-4-7-20/h2-4,6-7,18-19,21-22,25H,5,8-17H2,1H3/t18-,21-,22-/m0/s1. The number of amides is 2. The number of piperidine rings is 1. The van der Waals surface area contributed by atoms with Crippen LogP contribution in [0.15, 0.2) is 30.3 Å². The third kappa shape index (κ3) is 4.86. The maximum Gasteiger partial charge on any atom is 0.245 e. The van der Waals surface area contributed by atoms with E-state index in [1.54, 1.807) is 0 Å². The summed E-state index contributed by atoms with van der Waals surface area (Å²) in [6.45, 7) is 6.56. The first-order valence-corrected chi connectivity index (χ1v) is 11.6. The van der Waals surface area contributed by atoms with E-state index >= 15 is 0 Å². The fraction of sp³-hybridized carbons (Fsp3) is 0.667. The maximum absolute atomic E-state index is 13.4. The van der Waals surface area contributed by atoms with Gasteiger partial charge in [-0.25, -0.2) is 0 Å². The number of carbonyl (C=O) groups excluding carboxylic acids is 2. The van der Waals surface area contributed by atoms with Gasteiger partial charge in [-0.15, -0.1) is 0 Å². The van der Waals surface area contributed by atoms with E-state index < -0.39 is 0 Å². The Morgan fingerprint density at radius 2 is 1.90 bits per heavy atom. The van der Waals surface area contributed by atoms with Gasteiger partial charge < -0.3 is 19.9 Å². The highest BCUT2D eigenvalue weighted by Gasteiger charge is 2.39. The summed E-state index contributed by atoms with van der Waals surface area (Å²) < 4.78 is 5.92. The zero-order chi connectivity index (χ0) is 20.9. The largest absolute Gasteiger partial charge is 0.370 e. The SMILES string of the molecule is C[C@@H](CC1CCNCC1)C(=O)N1CCC[C@H]1C(=O)N1CCO[C@H](c2ccccc2)C1. The molecule has 0 spiro atoms. The van der Waals surface area contributed by atoms with Crippen molar-refractivity contribution < 1.29 is 14.3 Å². The minimum Gasteiger partial charge on any atom is -0.370 e. The van der Waals surface area contributed by atoms with Crippen molar-refractivity contribution in [2.45, 2.75) is 51.2 Å². The van der Waals surface area contributed by atoms with Crippen molar-refractivity contribution in [1.29, 1.82) is 0 Å². The quantitative estimate of drug-likeness (QED) is 0.806. The summed E-state index contributed by atoms with van der Waals surface area (Å²) in [4.78, 5) is 30.4. The van der Waals surface area contributed by atoms with E-state index in [0.717, 1.165) is 50.8 Å². The molecule has 3 atom stereocenters. The molecule has 3 heterocycles. The normalized spacial score (nSPS) is 26.6. The molecule has 3 saturated heterocycles. The van der Waals surface area contributed by atoms with Gasteiger partial charge in [-0.3, -0.25) is 9.59 Å². The van der Waals surface area contributed by atoms with Gasteiger partial charge in [0.1, 0.15) is 12.1 Å². The van der Waals surface area contributed by atoms with Gasteiger partial charge in [0.2, 0.25) is 11.8 Å². The van der Waals surface area contributed by atoms with Crippen LogP contribution in [0.25, 0.3) is 0 Å². The lowest BCUT2D eigenvalue weighted by Crippen LogP contribution is -2.52. The number of ether oxygens (including phenoxy) is 1. The summed E-state index contributed by atoms with van der Waals surface area (Å²) in [5.41, 5.74) is 1.10. The fourth-order valence-electron chi connectivity index (χ4n) is 5.22. The van der Waals surface area contributed by atoms with Crippen molar-refractivity contribution in [3.63, 3.8) is 0 Å². The van der Waals surface area contributed by atoms with Crippen LogP contribution in [0.3, 0.4) is 0 Å². The van der Waals surface area contributed by atoms with E-state index in [1.807, 2.05) is 47.1 Å². The van der Waals surface area contributed by atoms with Crippen molar-refractivity contribution in [3.05, 3.63) is 35.9 Å². The maximum atomic E-state index is 13.4. The molecule has 164 valence electrons. The van der Waals surface area contributed by atoms with E-state index in [-0.39, 0.29) is 29.9 Å². The number of hydrogen-bond acceptors (Lipinski definition) is 4. The number of benzene rings is 1. The summed E-state index contributed by atoms with van der Waals surface area (Å²) >= 11 is 0. The molecule has 1 N–H and O–H groups in total. The molecule has 6 nitrogen and oxygen atoms in total. The van der Waals surface area contributed by atoms with Crippen LogP contribution in [0.2, 0.25) is 0 Å². The van der Waals surface area contributed by atoms with Gasteiger partial charge in [0.15, 0.2) is 0 Å². The molecule has 0 aliphatic carbocycles. The highest BCUT2D eigenvalue weighted by molar-refractivity contribution is 5.89. The third-order valence-corrected chi connectivity index (χ3v) is 6.94. The number of rotatable bonds is 5. The average molecular weight is 414 g/mol. The molecular weight excluding hydrogens is 378 g/mol. The van der Waals surface area contributed by atoms with E-state index in [1.165, 1.54) is 0 Å². The molecule has 6 heteroatoms. The molecule has 0 radical (unpaired) electrons. The first-order valence-electron chi connectivity index (χ1n) is 11.6. The van der Waals surface area contributed by atoms with Crippen LogP contribution in [-0.2, 0) is 14.3 Å². The van der Waals surface area contributed by atoms with Crippen molar-refractivity contribution in [2.24, 2.45) is 11.8 Å². The molecule has 3 aliphatic heterocycles. The Bertz CT molecular complexity index is 720. The van der Waals surface area contributed by atoms with Gasteiger partial charge in [-0.05, 0) is 56.7 Å². The minimum absolute atomic E-state index is 0.0109. The second-order valence-corrected chi connectivity index (χ2v) is 9.07. The highest BCUT2D eigenvalue weighted by Crippen LogP contribution is 2.28. The van der Waals surface area contributed by atoms with Gasteiger partial charge in [0.05, 0.1) is 13.2 Å². The zero-order valence-corrected chi connectivity index (χ0v) is 18.1. The van der Waals surface area contributed by atoms with Gasteiger partial charge in [0, 0.05) is 19.0 Å². The lowest BCUT2D eigenvalue weighted by Gasteiger charge is -2.37. The molecule has 1 aromatic carbocycles. The Morgan fingerprint density at radius 1 is 1.13 bits per heavy atom. The molecule has 1 aromatic rings. The second-order valence-electron chi connectivity index (χ2n) is 9.07. The lowest BCUT2D eigenvalue weighted by atomic mass is 9.88. The van der Waals surface area contributed by atoms with E-state index in [4.69, 9.17) is 4.74 Å². The summed E-state index contributed by atoms with van der Waals surface area (Å²) in [5, 5.41) is 3.39. The average Bonchev–Trinajstić information content (AvgIpc) is 3.29. The topological polar surface area (TPSA) is 61.9 Å². The van der Waals surface area contributed by atoms with E-state index in [0.29, 0.717) is 32.2 Å². The fourth-order valence-corrected chi connectivity index (χ4v) is 5.22. The number of morpholine rings is 1. The number of hydrogen-bond donors (Lipinski definition) is 1. The van der Waals surface area contributed by atoms with Gasteiger partial charge >= 0.3 is 0 Å². The monoisotopic (exact) mass is 413 g/mol. The predicted molar refractivity (Wildman–Crippen MR) is 116 cm³/mol. The Labute approximate surface area is 179 Å². The van der Waals surface area contributed by atoms with Crippen LogP contribution >= 0.6 is 0 Å². The number of carbonyl (C=O) groups is 2. The lowest BCUT2D eigenvalue weighted by molar-refractivity contribution is -0.150. The molecule has 0 aromatic heterocycles. The van der Waals surface area contributed by atoms with Crippen molar-refractivity contribution in [3.8, 4) is 0 Å². The van der Waals surface area contributed by atoms with Gasteiger partial charge in [0.25, 0.3) is 0 Å². The first-order chi connectivity index (χ1) is 14.6. The molecule has 2 amide bonds. The van der Waals surface area contributed by atoms with E-state index in [9.17, 15) is 9.59 Å². The number of nitrogens with one attached hydrogen (secondary N) is 1. The molecular formula is C24H35N3O3. The Morgan fingerprint density at radius 3 is 2.67 bits per heavy atom. The number of nitrogens with zero attached hydrogens (tertiary/aromatic N) is 2. The highest BCUT2D eigenvalue weighted by atomic mass is 16.5. The predicted octanol–water partition coefficient (Wildman–Crippen LogP) is 2.60. The van der Waals surface area contributed by atoms with Gasteiger partial charge in [-0.1, -0.05) is 37.3 Å². The molecule has 0 unspecified atom stereocenters. The smallest absolute Gasteiger partial charge is 0.245 e. The minimum atomic E-state index is -0.303. The Kier molecular flexibility index (Phi) is 7.05. The van der Waals surface area contributed by atoms with Crippen LogP contribution in [0, 0.1) is 11.8 Å². The molecule has 0 saturated carbocycles. The zero-order valence-electron chi connectivity index (χ0n) is 18.1. The van der Waals surface area contributed by atoms with Crippen LogP contribution in [-0.4, -0.2) is 67.0 Å². The van der Waals surface area contributed by atoms with Crippen molar-refractivity contribution in [1.82, 2.24) is 15.1 Å². The number of likely N-dealkylation sites (tertiary alicyclic amines) is 1. The van der Waals surface area contributed by atoms with Crippen LogP contribution in [0.5, 0.6) is 0 Å². The van der Waals surface area contributed by atoms with Crippen LogP contribution in [0.1, 0.15) is 50.7 Å². The third-order valence-electron chi connectivity index (χ3n) is 6.94. The molecule has 4 rings (SSSR count). The Hall–Kier alpha value is -1.92. The van der Waals surface area contributed by atoms with E-state index in [2.05, 4.69) is 5.32 Å². The summed E-state index contributed by atoms with van der Waals surface area (Å²) in [6.07, 6.45) is 4.83. The molecule has 30 heavy (non-hydrogen) atoms. The second kappa shape index (κ2) is 9.92. The summed E-state index contributed by atoms with van der Waals surface area (Å²) in [7, 11) is 0. The van der Waals surface area contributed by atoms with Crippen LogP contribution < -0.4 is 5.32 Å². The molecule has 3 aliphatic rings. The summed E-state index contributed by atoms with van der Waals surface area (Å²) in [6, 6.07) is 9.78. The van der Waals surface area contributed by atoms with Crippen LogP contribution in [0.4, 0.5) is 0 Å².